The van der Waals surface area contributed by atoms with Crippen LogP contribution in [0.3, 0.4) is 0 Å². The minimum atomic E-state index is 1.16. The maximum atomic E-state index is 4.32. The van der Waals surface area contributed by atoms with Gasteiger partial charge in [0.15, 0.2) is 0 Å². The molecule has 0 aliphatic heterocycles. The normalized spacial score (nSPS) is 14.9. The number of hydrogen-bond acceptors (Lipinski definition) is 0. The number of aryl methyl sites for hydroxylation is 2. The molecule has 0 saturated heterocycles. The molecule has 4 aromatic carbocycles. The highest BCUT2D eigenvalue weighted by Crippen LogP contribution is 2.46. The molecule has 0 fully saturated rings. The number of fused-ring (bicyclic) bond motifs is 3. The molecule has 2 aliphatic carbocycles. The third kappa shape index (κ3) is 3.28. The molecule has 0 saturated carbocycles. The fraction of sp³-hybridized carbons (Fsp3) is 0.235. The first-order valence-electron chi connectivity index (χ1n) is 12.9. The summed E-state index contributed by atoms with van der Waals surface area (Å²) in [5.41, 5.74) is 13.9. The van der Waals surface area contributed by atoms with Gasteiger partial charge in [-0.05, 0) is 118 Å². The Morgan fingerprint density at radius 2 is 0.941 bits per heavy atom. The first-order chi connectivity index (χ1) is 16.8. The lowest BCUT2D eigenvalue weighted by molar-refractivity contribution is 0.687. The molecule has 0 spiro atoms. The van der Waals surface area contributed by atoms with E-state index in [4.69, 9.17) is 0 Å². The van der Waals surface area contributed by atoms with Gasteiger partial charge in [0.1, 0.15) is 0 Å². The van der Waals surface area contributed by atoms with E-state index in [0.717, 1.165) is 12.8 Å². The monoisotopic (exact) mass is 440 g/mol. The van der Waals surface area contributed by atoms with Crippen LogP contribution in [-0.2, 0) is 25.7 Å². The second kappa shape index (κ2) is 8.76. The van der Waals surface area contributed by atoms with Gasteiger partial charge in [-0.25, -0.2) is 0 Å². The molecule has 0 bridgehead atoms. The van der Waals surface area contributed by atoms with E-state index >= 15 is 0 Å². The molecule has 0 heteroatoms. The SMILES string of the molecule is C=Cc1c(C=C)c(-c2cccc3c2CCCC3)c2ccccc2c1-c1cccc2c1CCCC2. The summed E-state index contributed by atoms with van der Waals surface area (Å²) >= 11 is 0. The third-order valence-electron chi connectivity index (χ3n) is 8.03. The predicted octanol–water partition coefficient (Wildman–Crippen LogP) is 9.22. The van der Waals surface area contributed by atoms with Gasteiger partial charge in [-0.15, -0.1) is 0 Å². The fourth-order valence-electron chi connectivity index (χ4n) is 6.51. The zero-order chi connectivity index (χ0) is 23.1. The van der Waals surface area contributed by atoms with Crippen molar-refractivity contribution >= 4 is 22.9 Å². The Kier molecular flexibility index (Phi) is 5.46. The van der Waals surface area contributed by atoms with Crippen molar-refractivity contribution in [2.45, 2.75) is 51.4 Å². The topological polar surface area (TPSA) is 0 Å². The molecule has 0 heterocycles. The van der Waals surface area contributed by atoms with Gasteiger partial charge in [-0.1, -0.05) is 86.0 Å². The number of benzene rings is 4. The molecule has 0 unspecified atom stereocenters. The molecule has 0 radical (unpaired) electrons. The van der Waals surface area contributed by atoms with Gasteiger partial charge in [0, 0.05) is 0 Å². The predicted molar refractivity (Wildman–Crippen MR) is 148 cm³/mol. The minimum Gasteiger partial charge on any atom is -0.0984 e. The summed E-state index contributed by atoms with van der Waals surface area (Å²) in [6.45, 7) is 8.64. The first kappa shape index (κ1) is 21.2. The van der Waals surface area contributed by atoms with Crippen LogP contribution in [0.25, 0.3) is 45.2 Å². The largest absolute Gasteiger partial charge is 0.0984 e. The van der Waals surface area contributed by atoms with Gasteiger partial charge in [-0.3, -0.25) is 0 Å². The Bertz CT molecular complexity index is 1320. The smallest absolute Gasteiger partial charge is 0.00237 e. The molecule has 0 nitrogen and oxygen atoms in total. The van der Waals surface area contributed by atoms with Gasteiger partial charge >= 0.3 is 0 Å². The maximum absolute atomic E-state index is 4.32. The average Bonchev–Trinajstić information content (AvgIpc) is 2.91. The summed E-state index contributed by atoms with van der Waals surface area (Å²) in [4.78, 5) is 0. The van der Waals surface area contributed by atoms with E-state index < -0.39 is 0 Å². The zero-order valence-corrected chi connectivity index (χ0v) is 20.0. The summed E-state index contributed by atoms with van der Waals surface area (Å²) in [6, 6.07) is 22.8. The van der Waals surface area contributed by atoms with E-state index in [2.05, 4.69) is 86.0 Å². The van der Waals surface area contributed by atoms with Crippen LogP contribution in [0.4, 0.5) is 0 Å². The van der Waals surface area contributed by atoms with Gasteiger partial charge in [0.2, 0.25) is 0 Å². The van der Waals surface area contributed by atoms with Crippen molar-refractivity contribution in [3.05, 3.63) is 107 Å². The molecule has 34 heavy (non-hydrogen) atoms. The van der Waals surface area contributed by atoms with Crippen molar-refractivity contribution in [1.29, 1.82) is 0 Å². The zero-order valence-electron chi connectivity index (χ0n) is 20.0. The number of hydrogen-bond donors (Lipinski definition) is 0. The highest BCUT2D eigenvalue weighted by Gasteiger charge is 2.24. The van der Waals surface area contributed by atoms with Crippen molar-refractivity contribution in [2.24, 2.45) is 0 Å². The molecule has 0 atom stereocenters. The maximum Gasteiger partial charge on any atom is -0.00237 e. The molecule has 0 amide bonds. The van der Waals surface area contributed by atoms with Gasteiger partial charge in [-0.2, -0.15) is 0 Å². The molecular formula is C34H32. The molecule has 168 valence electrons. The van der Waals surface area contributed by atoms with Gasteiger partial charge in [0.05, 0.1) is 0 Å². The van der Waals surface area contributed by atoms with E-state index in [1.165, 1.54) is 105 Å². The summed E-state index contributed by atoms with van der Waals surface area (Å²) < 4.78 is 0. The molecule has 4 aromatic rings. The second-order valence-corrected chi connectivity index (χ2v) is 9.83. The highest BCUT2D eigenvalue weighted by molar-refractivity contribution is 6.12. The summed E-state index contributed by atoms with van der Waals surface area (Å²) in [7, 11) is 0. The lowest BCUT2D eigenvalue weighted by Crippen LogP contribution is -2.07. The van der Waals surface area contributed by atoms with Crippen molar-refractivity contribution in [2.75, 3.05) is 0 Å². The lowest BCUT2D eigenvalue weighted by Gasteiger charge is -2.26. The van der Waals surface area contributed by atoms with E-state index in [-0.39, 0.29) is 0 Å². The van der Waals surface area contributed by atoms with Crippen LogP contribution in [-0.4, -0.2) is 0 Å². The van der Waals surface area contributed by atoms with E-state index in [1.807, 2.05) is 0 Å². The Labute approximate surface area is 203 Å². The first-order valence-corrected chi connectivity index (χ1v) is 12.9. The molecule has 0 aromatic heterocycles. The van der Waals surface area contributed by atoms with Crippen LogP contribution in [0.1, 0.15) is 59.1 Å². The summed E-state index contributed by atoms with van der Waals surface area (Å²) in [5.74, 6) is 0. The van der Waals surface area contributed by atoms with E-state index in [1.54, 1.807) is 0 Å². The highest BCUT2D eigenvalue weighted by atomic mass is 14.3. The standard InChI is InChI=1S/C34H32/c1-3-25-26(4-2)34(30-22-12-16-24-14-6-8-18-28(24)30)32-20-10-9-19-31(32)33(25)29-21-11-15-23-13-5-7-17-27(23)29/h3-4,9-12,15-16,19-22H,1-2,5-8,13-14,17-18H2. The van der Waals surface area contributed by atoms with E-state index in [9.17, 15) is 0 Å². The van der Waals surface area contributed by atoms with Crippen LogP contribution in [0.15, 0.2) is 73.8 Å². The lowest BCUT2D eigenvalue weighted by atomic mass is 9.78. The summed E-state index contributed by atoms with van der Waals surface area (Å²) in [5, 5.41) is 2.65. The third-order valence-corrected chi connectivity index (χ3v) is 8.03. The molecule has 2 aliphatic rings. The van der Waals surface area contributed by atoms with Gasteiger partial charge < -0.3 is 0 Å². The van der Waals surface area contributed by atoms with Crippen molar-refractivity contribution in [3.8, 4) is 22.3 Å². The number of rotatable bonds is 4. The summed E-state index contributed by atoms with van der Waals surface area (Å²) in [6.07, 6.45) is 14.0. The second-order valence-electron chi connectivity index (χ2n) is 9.83. The Balaban J connectivity index is 1.74. The van der Waals surface area contributed by atoms with Crippen LogP contribution in [0.2, 0.25) is 0 Å². The van der Waals surface area contributed by atoms with Crippen LogP contribution in [0, 0.1) is 0 Å². The van der Waals surface area contributed by atoms with Gasteiger partial charge in [0.25, 0.3) is 0 Å². The Morgan fingerprint density at radius 1 is 0.500 bits per heavy atom. The minimum absolute atomic E-state index is 1.16. The van der Waals surface area contributed by atoms with E-state index in [0.29, 0.717) is 0 Å². The van der Waals surface area contributed by atoms with Crippen molar-refractivity contribution in [1.82, 2.24) is 0 Å². The van der Waals surface area contributed by atoms with Crippen LogP contribution >= 0.6 is 0 Å². The van der Waals surface area contributed by atoms with Crippen LogP contribution < -0.4 is 0 Å². The van der Waals surface area contributed by atoms with Crippen molar-refractivity contribution in [3.63, 3.8) is 0 Å². The average molecular weight is 441 g/mol. The molecule has 6 rings (SSSR count). The van der Waals surface area contributed by atoms with Crippen molar-refractivity contribution < 1.29 is 0 Å². The Hall–Kier alpha value is -3.38. The molecule has 0 N–H and O–H groups in total. The van der Waals surface area contributed by atoms with Crippen LogP contribution in [0.5, 0.6) is 0 Å². The quantitative estimate of drug-likeness (QED) is 0.297. The molecular weight excluding hydrogens is 408 g/mol. The fourth-order valence-corrected chi connectivity index (χ4v) is 6.51. The Morgan fingerprint density at radius 3 is 1.38 bits per heavy atom.